The van der Waals surface area contributed by atoms with Gasteiger partial charge in [-0.3, -0.25) is 0 Å². The van der Waals surface area contributed by atoms with E-state index in [9.17, 15) is 0 Å². The van der Waals surface area contributed by atoms with Gasteiger partial charge in [-0.1, -0.05) is 18.5 Å². The fraction of sp³-hybridized carbons (Fsp3) is 0.647. The zero-order chi connectivity index (χ0) is 14.8. The van der Waals surface area contributed by atoms with E-state index >= 15 is 0 Å². The molecule has 0 spiro atoms. The molecule has 1 aromatic carbocycles. The molecular formula is C17H24BrClN2. The highest BCUT2D eigenvalue weighted by molar-refractivity contribution is 9.10. The molecule has 1 aromatic rings. The van der Waals surface area contributed by atoms with Crippen LogP contribution in [0, 0.1) is 0 Å². The normalized spacial score (nSPS) is 28.7. The summed E-state index contributed by atoms with van der Waals surface area (Å²) in [6.07, 6.45) is 7.71. The molecule has 2 nitrogen and oxygen atoms in total. The maximum Gasteiger partial charge on any atom is 0.0530 e. The molecule has 116 valence electrons. The molecule has 2 saturated heterocycles. The summed E-state index contributed by atoms with van der Waals surface area (Å²) in [6, 6.07) is 8.16. The number of anilines is 1. The van der Waals surface area contributed by atoms with Crippen LogP contribution in [0.15, 0.2) is 22.7 Å². The van der Waals surface area contributed by atoms with Crippen LogP contribution in [0.3, 0.4) is 0 Å². The Bertz CT molecular complexity index is 480. The van der Waals surface area contributed by atoms with Gasteiger partial charge in [0.25, 0.3) is 0 Å². The molecule has 0 saturated carbocycles. The second-order valence-electron chi connectivity index (χ2n) is 6.36. The minimum absolute atomic E-state index is 0.654. The number of nitrogens with zero attached hydrogens (tertiary/aromatic N) is 1. The zero-order valence-corrected chi connectivity index (χ0v) is 15.0. The molecule has 2 unspecified atom stereocenters. The molecule has 2 aliphatic rings. The predicted octanol–water partition coefficient (Wildman–Crippen LogP) is 4.99. The van der Waals surface area contributed by atoms with Crippen LogP contribution in [0.5, 0.6) is 0 Å². The first kappa shape index (κ1) is 15.6. The maximum atomic E-state index is 6.23. The second-order valence-corrected chi connectivity index (χ2v) is 7.65. The van der Waals surface area contributed by atoms with Crippen LogP contribution in [0.2, 0.25) is 5.02 Å². The van der Waals surface area contributed by atoms with Gasteiger partial charge in [0, 0.05) is 27.6 Å². The molecule has 2 atom stereocenters. The van der Waals surface area contributed by atoms with E-state index in [4.69, 9.17) is 11.6 Å². The molecule has 0 amide bonds. The lowest BCUT2D eigenvalue weighted by Gasteiger charge is -2.50. The molecular weight excluding hydrogens is 348 g/mol. The third kappa shape index (κ3) is 3.40. The van der Waals surface area contributed by atoms with Crippen molar-refractivity contribution in [3.05, 3.63) is 27.7 Å². The minimum Gasteiger partial charge on any atom is -0.364 e. The fourth-order valence-electron chi connectivity index (χ4n) is 3.97. The van der Waals surface area contributed by atoms with Crippen LogP contribution in [0.4, 0.5) is 5.69 Å². The van der Waals surface area contributed by atoms with Gasteiger partial charge in [0.05, 0.1) is 5.69 Å². The van der Waals surface area contributed by atoms with E-state index in [0.29, 0.717) is 18.1 Å². The third-order valence-electron chi connectivity index (χ3n) is 4.84. The van der Waals surface area contributed by atoms with Crippen LogP contribution < -0.4 is 10.2 Å². The smallest absolute Gasteiger partial charge is 0.0530 e. The van der Waals surface area contributed by atoms with Crippen molar-refractivity contribution in [2.75, 3.05) is 11.4 Å². The number of fused-ring (bicyclic) bond motifs is 2. The second kappa shape index (κ2) is 6.89. The van der Waals surface area contributed by atoms with Crippen molar-refractivity contribution in [1.82, 2.24) is 5.32 Å². The van der Waals surface area contributed by atoms with Crippen molar-refractivity contribution in [2.24, 2.45) is 0 Å². The molecule has 21 heavy (non-hydrogen) atoms. The van der Waals surface area contributed by atoms with Crippen molar-refractivity contribution in [3.63, 3.8) is 0 Å². The van der Waals surface area contributed by atoms with Gasteiger partial charge in [0.2, 0.25) is 0 Å². The van der Waals surface area contributed by atoms with Crippen LogP contribution in [0.25, 0.3) is 0 Å². The van der Waals surface area contributed by atoms with E-state index in [1.807, 2.05) is 6.07 Å². The van der Waals surface area contributed by atoms with E-state index in [-0.39, 0.29) is 0 Å². The van der Waals surface area contributed by atoms with Crippen molar-refractivity contribution < 1.29 is 0 Å². The Morgan fingerprint density at radius 1 is 1.29 bits per heavy atom. The number of nitrogens with one attached hydrogen (secondary N) is 1. The summed E-state index contributed by atoms with van der Waals surface area (Å²) in [5.41, 5.74) is 1.28. The lowest BCUT2D eigenvalue weighted by molar-refractivity contribution is 0.245. The number of hydrogen-bond donors (Lipinski definition) is 1. The summed E-state index contributed by atoms with van der Waals surface area (Å²) in [6.45, 7) is 3.39. The van der Waals surface area contributed by atoms with Crippen molar-refractivity contribution >= 4 is 33.2 Å². The fourth-order valence-corrected chi connectivity index (χ4v) is 4.59. The van der Waals surface area contributed by atoms with Gasteiger partial charge in [0.15, 0.2) is 0 Å². The van der Waals surface area contributed by atoms with Gasteiger partial charge in [-0.05, 0) is 79.2 Å². The molecule has 3 rings (SSSR count). The summed E-state index contributed by atoms with van der Waals surface area (Å²) < 4.78 is 1.17. The first-order chi connectivity index (χ1) is 10.2. The largest absolute Gasteiger partial charge is 0.364 e. The Morgan fingerprint density at radius 3 is 2.67 bits per heavy atom. The average molecular weight is 372 g/mol. The molecule has 1 N–H and O–H groups in total. The lowest BCUT2D eigenvalue weighted by atomic mass is 9.81. The van der Waals surface area contributed by atoms with Crippen molar-refractivity contribution in [1.29, 1.82) is 0 Å². The van der Waals surface area contributed by atoms with Gasteiger partial charge in [-0.2, -0.15) is 0 Å². The van der Waals surface area contributed by atoms with E-state index < -0.39 is 0 Å². The summed E-state index contributed by atoms with van der Waals surface area (Å²) >= 11 is 9.95. The predicted molar refractivity (Wildman–Crippen MR) is 94.4 cm³/mol. The number of piperidine rings is 2. The van der Waals surface area contributed by atoms with Crippen LogP contribution in [-0.2, 0) is 0 Å². The lowest BCUT2D eigenvalue weighted by Crippen LogP contribution is -2.56. The Balaban J connectivity index is 1.82. The number of halogens is 2. The number of hydrogen-bond acceptors (Lipinski definition) is 2. The first-order valence-corrected chi connectivity index (χ1v) is 9.33. The van der Waals surface area contributed by atoms with E-state index in [1.54, 1.807) is 0 Å². The molecule has 0 aromatic heterocycles. The highest BCUT2D eigenvalue weighted by Gasteiger charge is 2.38. The van der Waals surface area contributed by atoms with Gasteiger partial charge < -0.3 is 10.2 Å². The van der Waals surface area contributed by atoms with E-state index in [1.165, 1.54) is 48.7 Å². The quantitative estimate of drug-likeness (QED) is 0.802. The van der Waals surface area contributed by atoms with Gasteiger partial charge in [-0.25, -0.2) is 0 Å². The molecule has 2 fully saturated rings. The summed E-state index contributed by atoms with van der Waals surface area (Å²) in [4.78, 5) is 2.64. The Hall–Kier alpha value is -0.250. The monoisotopic (exact) mass is 370 g/mol. The Morgan fingerprint density at radius 2 is 2.00 bits per heavy atom. The molecule has 0 aliphatic carbocycles. The maximum absolute atomic E-state index is 6.23. The topological polar surface area (TPSA) is 15.3 Å². The minimum atomic E-state index is 0.654. The Labute approximate surface area is 141 Å². The SMILES string of the molecule is CCCNC1CC2CCCC(C1)N2c1cc(Cl)ccc1Br. The molecule has 4 heteroatoms. The highest BCUT2D eigenvalue weighted by Crippen LogP contribution is 2.41. The van der Waals surface area contributed by atoms with Gasteiger partial charge >= 0.3 is 0 Å². The Kier molecular flexibility index (Phi) is 5.13. The third-order valence-corrected chi connectivity index (χ3v) is 5.75. The summed E-state index contributed by atoms with van der Waals surface area (Å²) in [5, 5.41) is 4.56. The standard InChI is InChI=1S/C17H24BrClN2/c1-2-8-20-13-10-14-4-3-5-15(11-13)21(14)17-9-12(19)6-7-16(17)18/h6-7,9,13-15,20H,2-5,8,10-11H2,1H3. The molecule has 2 bridgehead atoms. The number of rotatable bonds is 4. The van der Waals surface area contributed by atoms with Crippen molar-refractivity contribution in [3.8, 4) is 0 Å². The van der Waals surface area contributed by atoms with E-state index in [0.717, 1.165) is 11.6 Å². The van der Waals surface area contributed by atoms with Gasteiger partial charge in [-0.15, -0.1) is 0 Å². The number of benzene rings is 1. The highest BCUT2D eigenvalue weighted by atomic mass is 79.9. The average Bonchev–Trinajstić information content (AvgIpc) is 2.46. The first-order valence-electron chi connectivity index (χ1n) is 8.15. The molecule has 2 aliphatic heterocycles. The van der Waals surface area contributed by atoms with Crippen molar-refractivity contribution in [2.45, 2.75) is 63.6 Å². The molecule has 2 heterocycles. The zero-order valence-electron chi connectivity index (χ0n) is 12.6. The van der Waals surface area contributed by atoms with Crippen LogP contribution >= 0.6 is 27.5 Å². The van der Waals surface area contributed by atoms with Crippen LogP contribution in [-0.4, -0.2) is 24.7 Å². The van der Waals surface area contributed by atoms with Crippen LogP contribution in [0.1, 0.15) is 45.4 Å². The summed E-state index contributed by atoms with van der Waals surface area (Å²) in [5.74, 6) is 0. The van der Waals surface area contributed by atoms with E-state index in [2.05, 4.69) is 45.2 Å². The molecule has 0 radical (unpaired) electrons. The summed E-state index contributed by atoms with van der Waals surface area (Å²) in [7, 11) is 0. The van der Waals surface area contributed by atoms with Gasteiger partial charge in [0.1, 0.15) is 0 Å².